The summed E-state index contributed by atoms with van der Waals surface area (Å²) in [5.74, 6) is 0. The molecule has 0 amide bonds. The van der Waals surface area contributed by atoms with Gasteiger partial charge in [-0.1, -0.05) is 17.3 Å². The van der Waals surface area contributed by atoms with Gasteiger partial charge in [0.15, 0.2) is 0 Å². The summed E-state index contributed by atoms with van der Waals surface area (Å²) >= 11 is 0. The fourth-order valence-corrected chi connectivity index (χ4v) is 0.725. The first kappa shape index (κ1) is 6.89. The van der Waals surface area contributed by atoms with Crippen LogP contribution in [0.4, 0.5) is 0 Å². The van der Waals surface area contributed by atoms with Crippen LogP contribution in [-0.2, 0) is 0 Å². The van der Waals surface area contributed by atoms with Gasteiger partial charge in [0.05, 0.1) is 12.8 Å². The smallest absolute Gasteiger partial charge is 0.143 e. The van der Waals surface area contributed by atoms with Gasteiger partial charge < -0.3 is 0 Å². The number of nitrogens with one attached hydrogen (secondary N) is 1. The average Bonchev–Trinajstić information content (AvgIpc) is 1.94. The van der Waals surface area contributed by atoms with Crippen LogP contribution < -0.4 is 5.43 Å². The van der Waals surface area contributed by atoms with Crippen molar-refractivity contribution in [2.75, 3.05) is 7.05 Å². The first-order chi connectivity index (χ1) is 4.84. The van der Waals surface area contributed by atoms with E-state index in [-0.39, 0.29) is 0 Å². The van der Waals surface area contributed by atoms with Crippen LogP contribution in [0.15, 0.2) is 29.4 Å². The number of allylic oxidation sites excluding steroid dienone is 4. The van der Waals surface area contributed by atoms with Gasteiger partial charge in [-0.05, 0) is 12.2 Å². The van der Waals surface area contributed by atoms with Crippen LogP contribution in [0.3, 0.4) is 0 Å². The zero-order valence-electron chi connectivity index (χ0n) is 5.83. The molecule has 0 unspecified atom stereocenters. The Hall–Kier alpha value is -1.22. The molecule has 0 radical (unpaired) electrons. The minimum atomic E-state index is 0.473. The molecule has 0 heterocycles. The molecule has 1 aliphatic rings. The highest BCUT2D eigenvalue weighted by Crippen LogP contribution is 1.93. The Balaban J connectivity index is 2.80. The Morgan fingerprint density at radius 1 is 1.40 bits per heavy atom. The molecule has 1 aliphatic carbocycles. The fourth-order valence-electron chi connectivity index (χ4n) is 0.725. The highest BCUT2D eigenvalue weighted by atomic mass is 15.3. The van der Waals surface area contributed by atoms with Crippen LogP contribution in [0.2, 0.25) is 0 Å². The predicted octanol–water partition coefficient (Wildman–Crippen LogP) is -0.319. The minimum Gasteiger partial charge on any atom is -0.298 e. The number of hydrogen-bond acceptors (Lipinski definition) is 2. The molecule has 0 aromatic rings. The van der Waals surface area contributed by atoms with Crippen LogP contribution in [0.5, 0.6) is 0 Å². The first-order valence-corrected chi connectivity index (χ1v) is 3.14. The van der Waals surface area contributed by atoms with Crippen LogP contribution in [-0.4, -0.2) is 18.5 Å². The maximum Gasteiger partial charge on any atom is 0.143 e. The van der Waals surface area contributed by atoms with Crippen molar-refractivity contribution in [3.05, 3.63) is 24.3 Å². The van der Waals surface area contributed by atoms with Crippen LogP contribution in [0.1, 0.15) is 0 Å². The van der Waals surface area contributed by atoms with E-state index in [9.17, 15) is 0 Å². The van der Waals surface area contributed by atoms with Gasteiger partial charge in [-0.15, -0.1) is 0 Å². The summed E-state index contributed by atoms with van der Waals surface area (Å²) in [6, 6.07) is 0. The lowest BCUT2D eigenvalue weighted by Crippen LogP contribution is -2.73. The molecule has 0 saturated heterocycles. The van der Waals surface area contributed by atoms with Crippen molar-refractivity contribution in [1.82, 2.24) is 0 Å². The van der Waals surface area contributed by atoms with E-state index < -0.39 is 0 Å². The predicted molar refractivity (Wildman–Crippen MR) is 41.3 cm³/mol. The number of nitrogens with zero attached hydrogens (tertiary/aromatic N) is 1. The maximum atomic E-state index is 7.36. The molecule has 3 heteroatoms. The summed E-state index contributed by atoms with van der Waals surface area (Å²) in [5, 5.41) is 11.4. The summed E-state index contributed by atoms with van der Waals surface area (Å²) in [4.78, 5) is 0. The molecule has 0 aromatic heterocycles. The van der Waals surface area contributed by atoms with Crippen molar-refractivity contribution in [3.8, 4) is 0 Å². The first-order valence-electron chi connectivity index (χ1n) is 3.14. The molecule has 0 saturated carbocycles. The molecular formula is C7H10N3+. The van der Waals surface area contributed by atoms with Crippen molar-refractivity contribution in [1.29, 1.82) is 5.41 Å². The van der Waals surface area contributed by atoms with E-state index in [1.807, 2.05) is 25.3 Å². The zero-order chi connectivity index (χ0) is 7.40. The highest BCUT2D eigenvalue weighted by Gasteiger charge is 2.02. The molecule has 3 N–H and O–H groups in total. The van der Waals surface area contributed by atoms with E-state index in [4.69, 9.17) is 5.41 Å². The van der Waals surface area contributed by atoms with E-state index in [1.54, 1.807) is 11.5 Å². The van der Waals surface area contributed by atoms with Gasteiger partial charge >= 0.3 is 0 Å². The third kappa shape index (κ3) is 1.39. The van der Waals surface area contributed by atoms with Gasteiger partial charge in [0, 0.05) is 0 Å². The Labute approximate surface area is 59.6 Å². The molecule has 0 aromatic carbocycles. The highest BCUT2D eigenvalue weighted by molar-refractivity contribution is 6.49. The second-order valence-corrected chi connectivity index (χ2v) is 1.90. The minimum absolute atomic E-state index is 0.473. The van der Waals surface area contributed by atoms with Crippen molar-refractivity contribution < 1.29 is 5.43 Å². The van der Waals surface area contributed by atoms with Gasteiger partial charge in [-0.25, -0.2) is 5.43 Å². The maximum absolute atomic E-state index is 7.36. The Morgan fingerprint density at radius 3 is 2.70 bits per heavy atom. The number of quaternary nitrogens is 1. The van der Waals surface area contributed by atoms with Gasteiger partial charge in [-0.2, -0.15) is 0 Å². The van der Waals surface area contributed by atoms with E-state index >= 15 is 0 Å². The van der Waals surface area contributed by atoms with Crippen molar-refractivity contribution in [2.24, 2.45) is 5.10 Å². The van der Waals surface area contributed by atoms with Gasteiger partial charge in [0.25, 0.3) is 0 Å². The molecule has 10 heavy (non-hydrogen) atoms. The lowest BCUT2D eigenvalue weighted by molar-refractivity contribution is -0.632. The van der Waals surface area contributed by atoms with E-state index in [1.165, 1.54) is 0 Å². The standard InChI is InChI=1S/C7H9N3/c1-9-10-7-5-3-2-4-6(7)8/h2-5,8-9H,1H3/p+1. The van der Waals surface area contributed by atoms with Crippen molar-refractivity contribution in [2.45, 2.75) is 0 Å². The number of nitrogens with two attached hydrogens (primary N) is 1. The average molecular weight is 136 g/mol. The normalized spacial score (nSPS) is 20.5. The molecule has 0 fully saturated rings. The van der Waals surface area contributed by atoms with Crippen LogP contribution >= 0.6 is 0 Å². The van der Waals surface area contributed by atoms with Crippen molar-refractivity contribution in [3.63, 3.8) is 0 Å². The quantitative estimate of drug-likeness (QED) is 0.282. The van der Waals surface area contributed by atoms with E-state index in [0.717, 1.165) is 5.71 Å². The van der Waals surface area contributed by atoms with E-state index in [0.29, 0.717) is 5.71 Å². The lowest BCUT2D eigenvalue weighted by Gasteiger charge is -1.98. The summed E-state index contributed by atoms with van der Waals surface area (Å²) in [6.07, 6.45) is 7.25. The van der Waals surface area contributed by atoms with Gasteiger partial charge in [0.2, 0.25) is 0 Å². The monoisotopic (exact) mass is 136 g/mol. The summed E-state index contributed by atoms with van der Waals surface area (Å²) in [7, 11) is 1.84. The Morgan fingerprint density at radius 2 is 2.10 bits per heavy atom. The molecule has 0 bridgehead atoms. The van der Waals surface area contributed by atoms with Gasteiger partial charge in [-0.3, -0.25) is 5.41 Å². The van der Waals surface area contributed by atoms with Gasteiger partial charge in [0.1, 0.15) is 5.71 Å². The third-order valence-corrected chi connectivity index (χ3v) is 1.17. The Kier molecular flexibility index (Phi) is 2.12. The molecule has 0 aliphatic heterocycles. The molecule has 0 atom stereocenters. The number of hydrogen-bond donors (Lipinski definition) is 2. The summed E-state index contributed by atoms with van der Waals surface area (Å²) in [5.41, 5.74) is 2.89. The molecule has 0 spiro atoms. The Bertz CT molecular complexity index is 223. The molecule has 1 rings (SSSR count). The topological polar surface area (TPSA) is 52.8 Å². The largest absolute Gasteiger partial charge is 0.298 e. The second kappa shape index (κ2) is 3.08. The van der Waals surface area contributed by atoms with Crippen molar-refractivity contribution >= 4 is 11.4 Å². The fraction of sp³-hybridized carbons (Fsp3) is 0.143. The lowest BCUT2D eigenvalue weighted by atomic mass is 10.1. The number of rotatable bonds is 1. The summed E-state index contributed by atoms with van der Waals surface area (Å²) in [6.45, 7) is 0. The third-order valence-electron chi connectivity index (χ3n) is 1.17. The molecule has 3 nitrogen and oxygen atoms in total. The van der Waals surface area contributed by atoms with E-state index in [2.05, 4.69) is 5.10 Å². The summed E-state index contributed by atoms with van der Waals surface area (Å²) < 4.78 is 0. The SMILES string of the molecule is C[NH2+]N=C1C=CC=CC1=N. The second-order valence-electron chi connectivity index (χ2n) is 1.90. The zero-order valence-corrected chi connectivity index (χ0v) is 5.83. The molecule has 52 valence electrons. The molecular weight excluding hydrogens is 126 g/mol. The van der Waals surface area contributed by atoms with Crippen LogP contribution in [0, 0.1) is 5.41 Å². The van der Waals surface area contributed by atoms with Crippen LogP contribution in [0.25, 0.3) is 0 Å².